The van der Waals surface area contributed by atoms with Crippen molar-refractivity contribution in [1.82, 2.24) is 0 Å². The molecule has 0 aliphatic rings. The number of ether oxygens (including phenoxy) is 6. The lowest BCUT2D eigenvalue weighted by atomic mass is 9.90. The summed E-state index contributed by atoms with van der Waals surface area (Å²) in [6.07, 6.45) is 0.172. The van der Waals surface area contributed by atoms with Crippen LogP contribution < -0.4 is 9.47 Å². The SMILES string of the molecule is COCCOCOc1ccc(CC(CC(C)C(=O)O)C(=O)O)cc1OCOCCOC. The first-order valence-corrected chi connectivity index (χ1v) is 9.86. The number of carboxylic acid groups (broad SMARTS) is 2. The van der Waals surface area contributed by atoms with E-state index in [1.807, 2.05) is 0 Å². The van der Waals surface area contributed by atoms with E-state index in [0.29, 0.717) is 43.5 Å². The van der Waals surface area contributed by atoms with Crippen LogP contribution in [0.5, 0.6) is 11.5 Å². The lowest BCUT2D eigenvalue weighted by Crippen LogP contribution is -2.23. The smallest absolute Gasteiger partial charge is 0.306 e. The van der Waals surface area contributed by atoms with Crippen molar-refractivity contribution in [1.29, 1.82) is 0 Å². The molecule has 0 aliphatic heterocycles. The molecule has 10 nitrogen and oxygen atoms in total. The Balaban J connectivity index is 2.85. The van der Waals surface area contributed by atoms with Gasteiger partial charge in [-0.25, -0.2) is 0 Å². The van der Waals surface area contributed by atoms with Crippen LogP contribution in [0.1, 0.15) is 18.9 Å². The number of methoxy groups -OCH3 is 2. The maximum atomic E-state index is 11.6. The molecule has 31 heavy (non-hydrogen) atoms. The van der Waals surface area contributed by atoms with Crippen LogP contribution in [0.3, 0.4) is 0 Å². The molecule has 0 radical (unpaired) electrons. The van der Waals surface area contributed by atoms with Crippen LogP contribution in [-0.4, -0.2) is 76.4 Å². The molecule has 1 rings (SSSR count). The van der Waals surface area contributed by atoms with E-state index in [9.17, 15) is 14.7 Å². The molecular formula is C21H32O10. The van der Waals surface area contributed by atoms with Crippen molar-refractivity contribution < 1.29 is 48.2 Å². The quantitative estimate of drug-likeness (QED) is 0.256. The minimum Gasteiger partial charge on any atom is -0.481 e. The van der Waals surface area contributed by atoms with Crippen molar-refractivity contribution in [3.63, 3.8) is 0 Å². The normalized spacial score (nSPS) is 12.9. The third-order valence-electron chi connectivity index (χ3n) is 4.36. The minimum atomic E-state index is -1.05. The predicted molar refractivity (Wildman–Crippen MR) is 109 cm³/mol. The van der Waals surface area contributed by atoms with Gasteiger partial charge in [0.1, 0.15) is 0 Å². The van der Waals surface area contributed by atoms with Gasteiger partial charge in [0.05, 0.1) is 38.3 Å². The predicted octanol–water partition coefficient (Wildman–Crippen LogP) is 2.04. The van der Waals surface area contributed by atoms with Crippen molar-refractivity contribution in [3.05, 3.63) is 23.8 Å². The lowest BCUT2D eigenvalue weighted by molar-refractivity contribution is -0.145. The summed E-state index contributed by atoms with van der Waals surface area (Å²) in [5, 5.41) is 18.6. The van der Waals surface area contributed by atoms with Crippen molar-refractivity contribution in [3.8, 4) is 11.5 Å². The Bertz CT molecular complexity index is 664. The van der Waals surface area contributed by atoms with E-state index in [1.165, 1.54) is 6.92 Å². The average Bonchev–Trinajstić information content (AvgIpc) is 2.73. The van der Waals surface area contributed by atoms with Gasteiger partial charge in [-0.3, -0.25) is 9.59 Å². The summed E-state index contributed by atoms with van der Waals surface area (Å²) in [5.74, 6) is -2.92. The molecule has 1 aromatic rings. The number of aliphatic carboxylic acids is 2. The second kappa shape index (κ2) is 15.4. The number of hydrogen-bond acceptors (Lipinski definition) is 8. The van der Waals surface area contributed by atoms with Crippen LogP contribution in [-0.2, 0) is 35.0 Å². The number of carboxylic acids is 2. The van der Waals surface area contributed by atoms with E-state index in [2.05, 4.69) is 0 Å². The first kappa shape index (κ1) is 26.6. The largest absolute Gasteiger partial charge is 0.481 e. The lowest BCUT2D eigenvalue weighted by Gasteiger charge is -2.17. The van der Waals surface area contributed by atoms with E-state index in [4.69, 9.17) is 33.5 Å². The fraction of sp³-hybridized carbons (Fsp3) is 0.619. The van der Waals surface area contributed by atoms with Crippen molar-refractivity contribution in [2.24, 2.45) is 11.8 Å². The van der Waals surface area contributed by atoms with Crippen molar-refractivity contribution in [2.45, 2.75) is 19.8 Å². The molecule has 0 saturated heterocycles. The molecule has 0 fully saturated rings. The van der Waals surface area contributed by atoms with Crippen molar-refractivity contribution in [2.75, 3.05) is 54.2 Å². The number of rotatable bonds is 18. The Morgan fingerprint density at radius 1 is 0.871 bits per heavy atom. The van der Waals surface area contributed by atoms with E-state index < -0.39 is 23.8 Å². The number of hydrogen-bond donors (Lipinski definition) is 2. The van der Waals surface area contributed by atoms with E-state index >= 15 is 0 Å². The summed E-state index contributed by atoms with van der Waals surface area (Å²) >= 11 is 0. The maximum Gasteiger partial charge on any atom is 0.306 e. The summed E-state index contributed by atoms with van der Waals surface area (Å²) in [6.45, 7) is 2.99. The fourth-order valence-corrected chi connectivity index (χ4v) is 2.61. The Kier molecular flexibility index (Phi) is 13.2. The molecule has 2 atom stereocenters. The highest BCUT2D eigenvalue weighted by Gasteiger charge is 2.24. The van der Waals surface area contributed by atoms with Gasteiger partial charge in [0, 0.05) is 14.2 Å². The maximum absolute atomic E-state index is 11.6. The Hall–Kier alpha value is -2.40. The second-order valence-electron chi connectivity index (χ2n) is 6.82. The van der Waals surface area contributed by atoms with E-state index in [1.54, 1.807) is 32.4 Å². The zero-order valence-corrected chi connectivity index (χ0v) is 18.2. The highest BCUT2D eigenvalue weighted by molar-refractivity contribution is 5.73. The number of benzene rings is 1. The summed E-state index contributed by atoms with van der Waals surface area (Å²) in [5.41, 5.74) is 0.671. The first-order chi connectivity index (χ1) is 14.9. The van der Waals surface area contributed by atoms with Gasteiger partial charge in [-0.2, -0.15) is 0 Å². The molecule has 0 aliphatic carbocycles. The number of carbonyl (C=O) groups is 2. The third-order valence-corrected chi connectivity index (χ3v) is 4.36. The van der Waals surface area contributed by atoms with Crippen molar-refractivity contribution >= 4 is 11.9 Å². The van der Waals surface area contributed by atoms with Gasteiger partial charge in [-0.15, -0.1) is 0 Å². The molecule has 10 heteroatoms. The summed E-state index contributed by atoms with van der Waals surface area (Å²) in [4.78, 5) is 22.7. The first-order valence-electron chi connectivity index (χ1n) is 9.86. The molecule has 0 aromatic heterocycles. The Labute approximate surface area is 181 Å². The third kappa shape index (κ3) is 11.0. The monoisotopic (exact) mass is 444 g/mol. The Morgan fingerprint density at radius 3 is 1.97 bits per heavy atom. The second-order valence-corrected chi connectivity index (χ2v) is 6.82. The molecule has 2 N–H and O–H groups in total. The van der Waals surface area contributed by atoms with E-state index in [-0.39, 0.29) is 26.4 Å². The molecule has 0 saturated carbocycles. The molecule has 0 bridgehead atoms. The van der Waals surface area contributed by atoms with Crippen LogP contribution >= 0.6 is 0 Å². The highest BCUT2D eigenvalue weighted by Crippen LogP contribution is 2.30. The molecule has 0 heterocycles. The molecular weight excluding hydrogens is 412 g/mol. The summed E-state index contributed by atoms with van der Waals surface area (Å²) in [7, 11) is 3.13. The van der Waals surface area contributed by atoms with Crippen LogP contribution in [0.15, 0.2) is 18.2 Å². The topological polar surface area (TPSA) is 130 Å². The zero-order valence-electron chi connectivity index (χ0n) is 18.2. The fourth-order valence-electron chi connectivity index (χ4n) is 2.61. The average molecular weight is 444 g/mol. The van der Waals surface area contributed by atoms with E-state index in [0.717, 1.165) is 0 Å². The summed E-state index contributed by atoms with van der Waals surface area (Å²) < 4.78 is 31.7. The van der Waals surface area contributed by atoms with Gasteiger partial charge in [0.2, 0.25) is 0 Å². The minimum absolute atomic E-state index is 0.0164. The molecule has 1 aromatic carbocycles. The summed E-state index contributed by atoms with van der Waals surface area (Å²) in [6, 6.07) is 5.02. The van der Waals surface area contributed by atoms with Crippen LogP contribution in [0, 0.1) is 11.8 Å². The van der Waals surface area contributed by atoms with Crippen LogP contribution in [0.4, 0.5) is 0 Å². The standard InChI is InChI=1S/C21H32O10/c1-15(20(22)23)10-17(21(24)25)11-16-4-5-18(30-13-28-8-6-26-2)19(12-16)31-14-29-9-7-27-3/h4-5,12,15,17H,6-11,13-14H2,1-3H3,(H,22,23)(H,24,25). The van der Waals surface area contributed by atoms with Gasteiger partial charge >= 0.3 is 11.9 Å². The molecule has 176 valence electrons. The van der Waals surface area contributed by atoms with Crippen LogP contribution in [0.25, 0.3) is 0 Å². The zero-order chi connectivity index (χ0) is 23.1. The highest BCUT2D eigenvalue weighted by atomic mass is 16.7. The molecule has 0 amide bonds. The van der Waals surface area contributed by atoms with Gasteiger partial charge in [-0.1, -0.05) is 13.0 Å². The molecule has 0 spiro atoms. The van der Waals surface area contributed by atoms with Gasteiger partial charge in [0.15, 0.2) is 25.1 Å². The Morgan fingerprint density at radius 2 is 1.45 bits per heavy atom. The van der Waals surface area contributed by atoms with Gasteiger partial charge < -0.3 is 38.6 Å². The van der Waals surface area contributed by atoms with Crippen LogP contribution in [0.2, 0.25) is 0 Å². The molecule has 2 unspecified atom stereocenters. The van der Waals surface area contributed by atoms with Gasteiger partial charge in [-0.05, 0) is 30.5 Å². The van der Waals surface area contributed by atoms with Gasteiger partial charge in [0.25, 0.3) is 0 Å².